The molecule has 2 unspecified atom stereocenters. The van der Waals surface area contributed by atoms with Gasteiger partial charge in [-0.15, -0.1) is 0 Å². The molecule has 21 heavy (non-hydrogen) atoms. The summed E-state index contributed by atoms with van der Waals surface area (Å²) >= 11 is 0. The summed E-state index contributed by atoms with van der Waals surface area (Å²) < 4.78 is 0. The van der Waals surface area contributed by atoms with Crippen molar-refractivity contribution in [3.8, 4) is 0 Å². The van der Waals surface area contributed by atoms with Crippen LogP contribution in [0, 0.1) is 12.8 Å². The Balaban J connectivity index is 2.11. The number of rotatable bonds is 6. The molecule has 0 saturated heterocycles. The predicted molar refractivity (Wildman–Crippen MR) is 89.4 cm³/mol. The molecule has 0 radical (unpaired) electrons. The van der Waals surface area contributed by atoms with Crippen molar-refractivity contribution in [1.29, 1.82) is 0 Å². The van der Waals surface area contributed by atoms with Crippen molar-refractivity contribution in [2.45, 2.75) is 71.6 Å². The lowest BCUT2D eigenvalue weighted by molar-refractivity contribution is 0.0259. The van der Waals surface area contributed by atoms with Gasteiger partial charge in [0.1, 0.15) is 0 Å². The second-order valence-corrected chi connectivity index (χ2v) is 7.13. The van der Waals surface area contributed by atoms with Gasteiger partial charge in [-0.3, -0.25) is 4.90 Å². The van der Waals surface area contributed by atoms with E-state index in [1.54, 1.807) is 0 Å². The van der Waals surface area contributed by atoms with E-state index < -0.39 is 6.10 Å². The van der Waals surface area contributed by atoms with Crippen molar-refractivity contribution in [2.24, 2.45) is 5.92 Å². The molecule has 1 saturated carbocycles. The van der Waals surface area contributed by atoms with E-state index in [-0.39, 0.29) is 6.04 Å². The molecular weight excluding hydrogens is 258 g/mol. The molecule has 0 aromatic heterocycles. The van der Waals surface area contributed by atoms with Gasteiger partial charge in [-0.05, 0) is 38.2 Å². The van der Waals surface area contributed by atoms with Crippen molar-refractivity contribution in [1.82, 2.24) is 4.90 Å². The van der Waals surface area contributed by atoms with Crippen molar-refractivity contribution in [3.05, 3.63) is 35.4 Å². The third kappa shape index (κ3) is 4.31. The molecule has 2 nitrogen and oxygen atoms in total. The van der Waals surface area contributed by atoms with E-state index in [0.29, 0.717) is 12.0 Å². The molecule has 0 aliphatic heterocycles. The van der Waals surface area contributed by atoms with Gasteiger partial charge in [-0.2, -0.15) is 0 Å². The van der Waals surface area contributed by atoms with Gasteiger partial charge in [0, 0.05) is 18.6 Å². The molecule has 1 aromatic rings. The summed E-state index contributed by atoms with van der Waals surface area (Å²) in [5, 5.41) is 10.8. The zero-order valence-electron chi connectivity index (χ0n) is 14.0. The van der Waals surface area contributed by atoms with Crippen LogP contribution in [0.5, 0.6) is 0 Å². The minimum Gasteiger partial charge on any atom is -0.387 e. The van der Waals surface area contributed by atoms with Gasteiger partial charge in [0.25, 0.3) is 0 Å². The Labute approximate surface area is 130 Å². The summed E-state index contributed by atoms with van der Waals surface area (Å²) in [7, 11) is 0. The normalized spacial score (nSPS) is 19.4. The molecule has 2 atom stereocenters. The quantitative estimate of drug-likeness (QED) is 0.843. The van der Waals surface area contributed by atoms with Crippen molar-refractivity contribution >= 4 is 0 Å². The smallest absolute Gasteiger partial charge is 0.0942 e. The highest BCUT2D eigenvalue weighted by Gasteiger charge is 2.31. The highest BCUT2D eigenvalue weighted by atomic mass is 16.3. The second kappa shape index (κ2) is 7.42. The summed E-state index contributed by atoms with van der Waals surface area (Å²) in [6.45, 7) is 9.89. The number of aliphatic hydroxyl groups is 1. The molecule has 2 heteroatoms. The average molecular weight is 289 g/mol. The summed E-state index contributed by atoms with van der Waals surface area (Å²) in [4.78, 5) is 2.56. The Morgan fingerprint density at radius 2 is 1.67 bits per heavy atom. The van der Waals surface area contributed by atoms with Crippen LogP contribution in [0.15, 0.2) is 24.3 Å². The Morgan fingerprint density at radius 3 is 2.19 bits per heavy atom. The highest BCUT2D eigenvalue weighted by Crippen LogP contribution is 2.30. The van der Waals surface area contributed by atoms with E-state index in [2.05, 4.69) is 56.9 Å². The molecule has 2 rings (SSSR count). The van der Waals surface area contributed by atoms with Crippen LogP contribution in [0.25, 0.3) is 0 Å². The molecule has 0 bridgehead atoms. The number of nitrogens with zero attached hydrogens (tertiary/aromatic N) is 1. The van der Waals surface area contributed by atoms with Crippen molar-refractivity contribution < 1.29 is 5.11 Å². The standard InChI is InChI=1S/C19H31NO/c1-14(2)13-20(18-7-5-6-8-18)16(4)19(21)17-11-9-15(3)10-12-17/h9-12,14,16,18-19,21H,5-8,13H2,1-4H3. The van der Waals surface area contributed by atoms with E-state index in [4.69, 9.17) is 0 Å². The lowest BCUT2D eigenvalue weighted by atomic mass is 9.98. The van der Waals surface area contributed by atoms with E-state index in [1.807, 2.05) is 0 Å². The van der Waals surface area contributed by atoms with Crippen LogP contribution in [-0.4, -0.2) is 28.6 Å². The maximum atomic E-state index is 10.8. The van der Waals surface area contributed by atoms with E-state index in [9.17, 15) is 5.11 Å². The highest BCUT2D eigenvalue weighted by molar-refractivity contribution is 5.24. The summed E-state index contributed by atoms with van der Waals surface area (Å²) in [6.07, 6.45) is 4.86. The van der Waals surface area contributed by atoms with Crippen LogP contribution in [0.4, 0.5) is 0 Å². The van der Waals surface area contributed by atoms with Crippen LogP contribution in [0.3, 0.4) is 0 Å². The average Bonchev–Trinajstić information content (AvgIpc) is 2.98. The van der Waals surface area contributed by atoms with Gasteiger partial charge < -0.3 is 5.11 Å². The number of aliphatic hydroxyl groups excluding tert-OH is 1. The Kier molecular flexibility index (Phi) is 5.83. The zero-order chi connectivity index (χ0) is 15.4. The van der Waals surface area contributed by atoms with Gasteiger partial charge in [0.15, 0.2) is 0 Å². The fraction of sp³-hybridized carbons (Fsp3) is 0.684. The minimum atomic E-state index is -0.398. The van der Waals surface area contributed by atoms with Crippen LogP contribution in [0.1, 0.15) is 63.7 Å². The first-order valence-electron chi connectivity index (χ1n) is 8.49. The maximum absolute atomic E-state index is 10.8. The van der Waals surface area contributed by atoms with E-state index in [1.165, 1.54) is 31.2 Å². The first-order valence-corrected chi connectivity index (χ1v) is 8.49. The molecule has 1 aliphatic carbocycles. The van der Waals surface area contributed by atoms with Gasteiger partial charge in [0.05, 0.1) is 6.10 Å². The molecule has 118 valence electrons. The monoisotopic (exact) mass is 289 g/mol. The first kappa shape index (κ1) is 16.5. The summed E-state index contributed by atoms with van der Waals surface area (Å²) in [5.74, 6) is 0.637. The van der Waals surface area contributed by atoms with Crippen LogP contribution >= 0.6 is 0 Å². The zero-order valence-corrected chi connectivity index (χ0v) is 14.0. The Bertz CT molecular complexity index is 420. The topological polar surface area (TPSA) is 23.5 Å². The molecule has 0 spiro atoms. The molecule has 1 fully saturated rings. The van der Waals surface area contributed by atoms with Crippen LogP contribution in [0.2, 0.25) is 0 Å². The predicted octanol–water partition coefficient (Wildman–Crippen LogP) is 4.32. The fourth-order valence-corrected chi connectivity index (χ4v) is 3.53. The molecule has 1 aliphatic rings. The van der Waals surface area contributed by atoms with Gasteiger partial charge in [0.2, 0.25) is 0 Å². The van der Waals surface area contributed by atoms with Gasteiger partial charge >= 0.3 is 0 Å². The molecule has 0 heterocycles. The van der Waals surface area contributed by atoms with E-state index >= 15 is 0 Å². The Hall–Kier alpha value is -0.860. The second-order valence-electron chi connectivity index (χ2n) is 7.13. The molecule has 0 amide bonds. The number of hydrogen-bond acceptors (Lipinski definition) is 2. The van der Waals surface area contributed by atoms with Crippen molar-refractivity contribution in [2.75, 3.05) is 6.54 Å². The third-order valence-corrected chi connectivity index (χ3v) is 4.77. The van der Waals surface area contributed by atoms with Gasteiger partial charge in [-0.25, -0.2) is 0 Å². The number of benzene rings is 1. The maximum Gasteiger partial charge on any atom is 0.0942 e. The first-order chi connectivity index (χ1) is 9.99. The fourth-order valence-electron chi connectivity index (χ4n) is 3.53. The largest absolute Gasteiger partial charge is 0.387 e. The number of hydrogen-bond donors (Lipinski definition) is 1. The van der Waals surface area contributed by atoms with Crippen LogP contribution < -0.4 is 0 Å². The van der Waals surface area contributed by atoms with Crippen LogP contribution in [-0.2, 0) is 0 Å². The molecular formula is C19H31NO. The SMILES string of the molecule is Cc1ccc(C(O)C(C)N(CC(C)C)C2CCCC2)cc1. The summed E-state index contributed by atoms with van der Waals surface area (Å²) in [5.41, 5.74) is 2.29. The molecule has 1 aromatic carbocycles. The van der Waals surface area contributed by atoms with Crippen molar-refractivity contribution in [3.63, 3.8) is 0 Å². The third-order valence-electron chi connectivity index (χ3n) is 4.77. The summed E-state index contributed by atoms with van der Waals surface area (Å²) in [6, 6.07) is 9.15. The Morgan fingerprint density at radius 1 is 1.10 bits per heavy atom. The van der Waals surface area contributed by atoms with E-state index in [0.717, 1.165) is 12.1 Å². The minimum absolute atomic E-state index is 0.179. The van der Waals surface area contributed by atoms with Gasteiger partial charge in [-0.1, -0.05) is 56.5 Å². The molecule has 1 N–H and O–H groups in total. The lowest BCUT2D eigenvalue weighted by Gasteiger charge is -2.38. The number of aryl methyl sites for hydroxylation is 1. The lowest BCUT2D eigenvalue weighted by Crippen LogP contribution is -2.45.